The number of ether oxygens (including phenoxy) is 1. The van der Waals surface area contributed by atoms with Gasteiger partial charge in [-0.2, -0.15) is 0 Å². The first kappa shape index (κ1) is 20.1. The van der Waals surface area contributed by atoms with Gasteiger partial charge in [0.2, 0.25) is 11.0 Å². The number of aryl methyl sites for hydroxylation is 1. The van der Waals surface area contributed by atoms with Crippen LogP contribution in [0.15, 0.2) is 18.2 Å². The van der Waals surface area contributed by atoms with Crippen LogP contribution in [0.5, 0.6) is 0 Å². The van der Waals surface area contributed by atoms with Crippen LogP contribution in [0, 0.1) is 6.92 Å². The van der Waals surface area contributed by atoms with Gasteiger partial charge in [0.25, 0.3) is 5.91 Å². The van der Waals surface area contributed by atoms with Crippen LogP contribution in [0.2, 0.25) is 10.0 Å². The van der Waals surface area contributed by atoms with E-state index in [2.05, 4.69) is 20.8 Å². The van der Waals surface area contributed by atoms with Gasteiger partial charge in [0.15, 0.2) is 6.61 Å². The molecule has 0 saturated carbocycles. The van der Waals surface area contributed by atoms with Crippen LogP contribution in [0.3, 0.4) is 0 Å². The Labute approximate surface area is 162 Å². The van der Waals surface area contributed by atoms with E-state index in [1.165, 1.54) is 23.5 Å². The van der Waals surface area contributed by atoms with Crippen LogP contribution in [0.1, 0.15) is 17.8 Å². The van der Waals surface area contributed by atoms with Crippen molar-refractivity contribution in [1.82, 2.24) is 10.2 Å². The molecule has 0 unspecified atom stereocenters. The highest BCUT2D eigenvalue weighted by molar-refractivity contribution is 7.15. The average Bonchev–Trinajstić information content (AvgIpc) is 2.98. The number of carbonyl (C=O) groups is 3. The maximum absolute atomic E-state index is 11.8. The van der Waals surface area contributed by atoms with Crippen molar-refractivity contribution in [1.29, 1.82) is 0 Å². The number of anilines is 2. The fourth-order valence-electron chi connectivity index (χ4n) is 1.74. The summed E-state index contributed by atoms with van der Waals surface area (Å²) in [4.78, 5) is 35.1. The molecule has 0 aliphatic rings. The zero-order chi connectivity index (χ0) is 19.1. The zero-order valence-electron chi connectivity index (χ0n) is 13.5. The van der Waals surface area contributed by atoms with Gasteiger partial charge in [0.05, 0.1) is 17.1 Å². The number of benzene rings is 1. The SMILES string of the molecule is Cc1nnc(NC(=O)CCC(=O)OCC(=O)Nc2ccc(Cl)cc2Cl)s1. The Hall–Kier alpha value is -2.23. The standard InChI is InChI=1S/C15H14Cl2N4O4S/c1-8-20-21-15(26-8)19-12(22)4-5-14(24)25-7-13(23)18-11-3-2-9(16)6-10(11)17/h2-3,6H,4-5,7H2,1H3,(H,18,23)(H,19,21,22). The topological polar surface area (TPSA) is 110 Å². The second-order valence-electron chi connectivity index (χ2n) is 5.01. The Bertz CT molecular complexity index is 828. The smallest absolute Gasteiger partial charge is 0.306 e. The molecule has 8 nitrogen and oxygen atoms in total. The lowest BCUT2D eigenvalue weighted by Gasteiger charge is -2.08. The molecule has 1 aromatic heterocycles. The Balaban J connectivity index is 1.69. The van der Waals surface area contributed by atoms with Gasteiger partial charge < -0.3 is 15.4 Å². The number of carbonyl (C=O) groups excluding carboxylic acids is 3. The van der Waals surface area contributed by atoms with Gasteiger partial charge >= 0.3 is 5.97 Å². The number of hydrogen-bond donors (Lipinski definition) is 2. The van der Waals surface area contributed by atoms with Crippen LogP contribution in [-0.2, 0) is 19.1 Å². The number of rotatable bonds is 7. The lowest BCUT2D eigenvalue weighted by Crippen LogP contribution is -2.22. The predicted octanol–water partition coefficient (Wildman–Crippen LogP) is 3.05. The molecule has 2 aromatic rings. The van der Waals surface area contributed by atoms with Gasteiger partial charge in [0, 0.05) is 11.4 Å². The van der Waals surface area contributed by atoms with Crippen molar-refractivity contribution in [3.05, 3.63) is 33.3 Å². The van der Waals surface area contributed by atoms with E-state index in [4.69, 9.17) is 27.9 Å². The number of nitrogens with one attached hydrogen (secondary N) is 2. The van der Waals surface area contributed by atoms with Crippen molar-refractivity contribution in [2.45, 2.75) is 19.8 Å². The van der Waals surface area contributed by atoms with Gasteiger partial charge in [-0.05, 0) is 25.1 Å². The van der Waals surface area contributed by atoms with Crippen molar-refractivity contribution >= 4 is 63.1 Å². The largest absolute Gasteiger partial charge is 0.456 e. The first-order valence-corrected chi connectivity index (χ1v) is 8.91. The minimum absolute atomic E-state index is 0.0951. The van der Waals surface area contributed by atoms with E-state index in [0.29, 0.717) is 20.8 Å². The monoisotopic (exact) mass is 416 g/mol. The Morgan fingerprint density at radius 2 is 1.88 bits per heavy atom. The molecular weight excluding hydrogens is 403 g/mol. The van der Waals surface area contributed by atoms with Gasteiger partial charge in [-0.25, -0.2) is 0 Å². The molecule has 2 amide bonds. The molecule has 2 rings (SSSR count). The third-order valence-electron chi connectivity index (χ3n) is 2.90. The molecule has 11 heteroatoms. The molecule has 0 atom stereocenters. The second-order valence-corrected chi connectivity index (χ2v) is 7.03. The molecule has 0 spiro atoms. The van der Waals surface area contributed by atoms with Crippen LogP contribution in [0.25, 0.3) is 0 Å². The van der Waals surface area contributed by atoms with Crippen molar-refractivity contribution in [2.75, 3.05) is 17.2 Å². The third kappa shape index (κ3) is 6.58. The fourth-order valence-corrected chi connectivity index (χ4v) is 2.80. The number of nitrogens with zero attached hydrogens (tertiary/aromatic N) is 2. The van der Waals surface area contributed by atoms with E-state index in [0.717, 1.165) is 0 Å². The quantitative estimate of drug-likeness (QED) is 0.670. The Kier molecular flexibility index (Phi) is 7.31. The summed E-state index contributed by atoms with van der Waals surface area (Å²) < 4.78 is 4.82. The van der Waals surface area contributed by atoms with Gasteiger partial charge in [-0.3, -0.25) is 14.4 Å². The van der Waals surface area contributed by atoms with Crippen LogP contribution in [-0.4, -0.2) is 34.6 Å². The summed E-state index contributed by atoms with van der Waals surface area (Å²) in [6, 6.07) is 4.57. The Morgan fingerprint density at radius 1 is 1.12 bits per heavy atom. The number of aromatic nitrogens is 2. The van der Waals surface area contributed by atoms with Crippen molar-refractivity contribution in [3.63, 3.8) is 0 Å². The summed E-state index contributed by atoms with van der Waals surface area (Å²) in [5.41, 5.74) is 0.351. The van der Waals surface area contributed by atoms with Gasteiger partial charge in [-0.15, -0.1) is 10.2 Å². The molecule has 0 aliphatic heterocycles. The fraction of sp³-hybridized carbons (Fsp3) is 0.267. The number of halogens is 2. The molecule has 26 heavy (non-hydrogen) atoms. The normalized spacial score (nSPS) is 10.3. The summed E-state index contributed by atoms with van der Waals surface area (Å²) in [6.07, 6.45) is -0.263. The predicted molar refractivity (Wildman–Crippen MR) is 98.6 cm³/mol. The molecule has 0 saturated heterocycles. The van der Waals surface area contributed by atoms with Crippen molar-refractivity contribution in [3.8, 4) is 0 Å². The van der Waals surface area contributed by atoms with E-state index in [-0.39, 0.29) is 17.9 Å². The van der Waals surface area contributed by atoms with Gasteiger partial charge in [0.1, 0.15) is 5.01 Å². The van der Waals surface area contributed by atoms with E-state index >= 15 is 0 Å². The van der Waals surface area contributed by atoms with Crippen LogP contribution >= 0.6 is 34.5 Å². The molecule has 1 aromatic carbocycles. The molecule has 1 heterocycles. The minimum atomic E-state index is -0.675. The zero-order valence-corrected chi connectivity index (χ0v) is 15.9. The van der Waals surface area contributed by atoms with Gasteiger partial charge in [-0.1, -0.05) is 34.5 Å². The third-order valence-corrected chi connectivity index (χ3v) is 4.20. The van der Waals surface area contributed by atoms with Crippen LogP contribution < -0.4 is 10.6 Å². The summed E-state index contributed by atoms with van der Waals surface area (Å²) in [5.74, 6) is -1.63. The lowest BCUT2D eigenvalue weighted by atomic mass is 10.3. The first-order chi connectivity index (χ1) is 12.3. The highest BCUT2D eigenvalue weighted by Crippen LogP contribution is 2.25. The van der Waals surface area contributed by atoms with E-state index < -0.39 is 24.4 Å². The summed E-state index contributed by atoms with van der Waals surface area (Å²) in [5, 5.41) is 14.3. The summed E-state index contributed by atoms with van der Waals surface area (Å²) in [7, 11) is 0. The maximum atomic E-state index is 11.8. The van der Waals surface area contributed by atoms with Crippen molar-refractivity contribution in [2.24, 2.45) is 0 Å². The molecule has 138 valence electrons. The molecule has 0 fully saturated rings. The lowest BCUT2D eigenvalue weighted by molar-refractivity contribution is -0.147. The van der Waals surface area contributed by atoms with E-state index in [1.54, 1.807) is 13.0 Å². The number of amides is 2. The minimum Gasteiger partial charge on any atom is -0.456 e. The molecule has 0 radical (unpaired) electrons. The highest BCUT2D eigenvalue weighted by atomic mass is 35.5. The van der Waals surface area contributed by atoms with E-state index in [9.17, 15) is 14.4 Å². The maximum Gasteiger partial charge on any atom is 0.306 e. The molecule has 0 aliphatic carbocycles. The van der Waals surface area contributed by atoms with Crippen LogP contribution in [0.4, 0.5) is 10.8 Å². The first-order valence-electron chi connectivity index (χ1n) is 7.34. The molecular formula is C15H14Cl2N4O4S. The van der Waals surface area contributed by atoms with Crippen molar-refractivity contribution < 1.29 is 19.1 Å². The Morgan fingerprint density at radius 3 is 2.54 bits per heavy atom. The second kappa shape index (κ2) is 9.46. The molecule has 2 N–H and O–H groups in total. The highest BCUT2D eigenvalue weighted by Gasteiger charge is 2.13. The summed E-state index contributed by atoms with van der Waals surface area (Å²) >= 11 is 12.9. The molecule has 0 bridgehead atoms. The van der Waals surface area contributed by atoms with E-state index in [1.807, 2.05) is 0 Å². The average molecular weight is 417 g/mol. The summed E-state index contributed by atoms with van der Waals surface area (Å²) in [6.45, 7) is 1.27. The number of hydrogen-bond acceptors (Lipinski definition) is 7. The number of esters is 1.